The van der Waals surface area contributed by atoms with Gasteiger partial charge in [0.25, 0.3) is 5.91 Å². The molecule has 22 heavy (non-hydrogen) atoms. The van der Waals surface area contributed by atoms with Crippen LogP contribution in [-0.2, 0) is 9.59 Å². The van der Waals surface area contributed by atoms with Crippen molar-refractivity contribution >= 4 is 34.8 Å². The van der Waals surface area contributed by atoms with E-state index in [9.17, 15) is 14.7 Å². The minimum atomic E-state index is -0.629. The second-order valence-corrected chi connectivity index (χ2v) is 5.43. The van der Waals surface area contributed by atoms with Gasteiger partial charge in [0.15, 0.2) is 0 Å². The summed E-state index contributed by atoms with van der Waals surface area (Å²) in [4.78, 5) is 25.7. The fourth-order valence-electron chi connectivity index (χ4n) is 2.39. The van der Waals surface area contributed by atoms with Crippen LogP contribution in [0, 0.1) is 0 Å². The minimum Gasteiger partial charge on any atom is -0.508 e. The van der Waals surface area contributed by atoms with Crippen molar-refractivity contribution in [3.8, 4) is 5.75 Å². The van der Waals surface area contributed by atoms with Gasteiger partial charge in [-0.15, -0.1) is 0 Å². The molecule has 0 spiro atoms. The number of phenols is 1. The minimum absolute atomic E-state index is 0.0756. The summed E-state index contributed by atoms with van der Waals surface area (Å²) in [6.07, 6.45) is 0.0756. The molecule has 1 aliphatic rings. The number of imide groups is 1. The lowest BCUT2D eigenvalue weighted by Crippen LogP contribution is -2.34. The molecule has 1 fully saturated rings. The largest absolute Gasteiger partial charge is 0.508 e. The third-order valence-corrected chi connectivity index (χ3v) is 3.66. The number of nitrogens with one attached hydrogen (secondary N) is 1. The quantitative estimate of drug-likeness (QED) is 0.675. The standard InChI is InChI=1S/C16H13ClN2O3/c17-10-2-1-3-12(8-10)19-15(21)9-14(16(19)22)18-11-4-6-13(20)7-5-11/h1-8,14,18,20H,9H2. The van der Waals surface area contributed by atoms with Crippen molar-refractivity contribution in [3.63, 3.8) is 0 Å². The maximum atomic E-state index is 12.4. The van der Waals surface area contributed by atoms with E-state index in [0.717, 1.165) is 4.90 Å². The van der Waals surface area contributed by atoms with E-state index in [1.807, 2.05) is 0 Å². The number of nitrogens with zero attached hydrogens (tertiary/aromatic N) is 1. The van der Waals surface area contributed by atoms with Crippen LogP contribution in [0.4, 0.5) is 11.4 Å². The Balaban J connectivity index is 1.81. The molecule has 2 aromatic carbocycles. The van der Waals surface area contributed by atoms with Crippen LogP contribution < -0.4 is 10.2 Å². The van der Waals surface area contributed by atoms with Crippen molar-refractivity contribution in [2.75, 3.05) is 10.2 Å². The zero-order valence-electron chi connectivity index (χ0n) is 11.5. The van der Waals surface area contributed by atoms with Crippen LogP contribution in [0.2, 0.25) is 5.02 Å². The Bertz CT molecular complexity index is 730. The Labute approximate surface area is 132 Å². The molecule has 0 saturated carbocycles. The number of anilines is 2. The molecular weight excluding hydrogens is 304 g/mol. The van der Waals surface area contributed by atoms with Gasteiger partial charge in [-0.1, -0.05) is 17.7 Å². The Hall–Kier alpha value is -2.53. The van der Waals surface area contributed by atoms with Gasteiger partial charge in [0.05, 0.1) is 12.1 Å². The van der Waals surface area contributed by atoms with E-state index >= 15 is 0 Å². The molecule has 2 N–H and O–H groups in total. The van der Waals surface area contributed by atoms with Crippen LogP contribution in [0.15, 0.2) is 48.5 Å². The van der Waals surface area contributed by atoms with Crippen LogP contribution in [0.25, 0.3) is 0 Å². The first-order valence-electron chi connectivity index (χ1n) is 6.72. The monoisotopic (exact) mass is 316 g/mol. The molecule has 2 amide bonds. The molecule has 112 valence electrons. The number of aromatic hydroxyl groups is 1. The second-order valence-electron chi connectivity index (χ2n) is 5.00. The maximum absolute atomic E-state index is 12.4. The molecule has 0 radical (unpaired) electrons. The molecule has 3 rings (SSSR count). The number of phenolic OH excluding ortho intramolecular Hbond substituents is 1. The van der Waals surface area contributed by atoms with Crippen molar-refractivity contribution < 1.29 is 14.7 Å². The lowest BCUT2D eigenvalue weighted by atomic mass is 10.2. The fraction of sp³-hybridized carbons (Fsp3) is 0.125. The molecule has 0 aliphatic carbocycles. The normalized spacial score (nSPS) is 17.9. The third kappa shape index (κ3) is 2.76. The van der Waals surface area contributed by atoms with Crippen LogP contribution in [0.5, 0.6) is 5.75 Å². The van der Waals surface area contributed by atoms with Crippen molar-refractivity contribution in [2.24, 2.45) is 0 Å². The molecule has 1 atom stereocenters. The highest BCUT2D eigenvalue weighted by atomic mass is 35.5. The predicted molar refractivity (Wildman–Crippen MR) is 84.1 cm³/mol. The topological polar surface area (TPSA) is 69.6 Å². The average Bonchev–Trinajstić information content (AvgIpc) is 2.76. The van der Waals surface area contributed by atoms with Crippen molar-refractivity contribution in [2.45, 2.75) is 12.5 Å². The summed E-state index contributed by atoms with van der Waals surface area (Å²) in [6.45, 7) is 0. The van der Waals surface area contributed by atoms with Crippen LogP contribution >= 0.6 is 11.6 Å². The molecule has 2 aromatic rings. The highest BCUT2D eigenvalue weighted by Crippen LogP contribution is 2.27. The highest BCUT2D eigenvalue weighted by Gasteiger charge is 2.39. The Morgan fingerprint density at radius 3 is 2.55 bits per heavy atom. The summed E-state index contributed by atoms with van der Waals surface area (Å²) in [5.74, 6) is -0.455. The summed E-state index contributed by atoms with van der Waals surface area (Å²) < 4.78 is 0. The molecule has 1 aliphatic heterocycles. The van der Waals surface area contributed by atoms with E-state index < -0.39 is 6.04 Å². The molecule has 1 heterocycles. The molecular formula is C16H13ClN2O3. The van der Waals surface area contributed by atoms with Gasteiger partial charge in [-0.05, 0) is 42.5 Å². The summed E-state index contributed by atoms with van der Waals surface area (Å²) in [5, 5.41) is 12.7. The number of rotatable bonds is 3. The van der Waals surface area contributed by atoms with Crippen molar-refractivity contribution in [1.82, 2.24) is 0 Å². The Morgan fingerprint density at radius 2 is 1.86 bits per heavy atom. The average molecular weight is 317 g/mol. The molecule has 0 bridgehead atoms. The van der Waals surface area contributed by atoms with Gasteiger partial charge in [-0.3, -0.25) is 9.59 Å². The second kappa shape index (κ2) is 5.69. The van der Waals surface area contributed by atoms with Gasteiger partial charge in [-0.25, -0.2) is 4.90 Å². The molecule has 1 saturated heterocycles. The predicted octanol–water partition coefficient (Wildman–Crippen LogP) is 2.79. The number of carbonyl (C=O) groups excluding carboxylic acids is 2. The van der Waals surface area contributed by atoms with Gasteiger partial charge in [-0.2, -0.15) is 0 Å². The number of hydrogen-bond donors (Lipinski definition) is 2. The number of halogens is 1. The summed E-state index contributed by atoms with van der Waals surface area (Å²) in [7, 11) is 0. The van der Waals surface area contributed by atoms with Crippen molar-refractivity contribution in [1.29, 1.82) is 0 Å². The third-order valence-electron chi connectivity index (χ3n) is 3.42. The molecule has 5 nitrogen and oxygen atoms in total. The van der Waals surface area contributed by atoms with E-state index in [1.165, 1.54) is 12.1 Å². The van der Waals surface area contributed by atoms with Gasteiger partial charge < -0.3 is 10.4 Å². The zero-order chi connectivity index (χ0) is 15.7. The SMILES string of the molecule is O=C1CC(Nc2ccc(O)cc2)C(=O)N1c1cccc(Cl)c1. The summed E-state index contributed by atoms with van der Waals surface area (Å²) in [5.41, 5.74) is 1.13. The van der Waals surface area contributed by atoms with E-state index in [-0.39, 0.29) is 24.0 Å². The number of hydrogen-bond acceptors (Lipinski definition) is 4. The van der Waals surface area contributed by atoms with Crippen LogP contribution in [0.1, 0.15) is 6.42 Å². The summed E-state index contributed by atoms with van der Waals surface area (Å²) in [6, 6.07) is 12.3. The van der Waals surface area contributed by atoms with E-state index in [4.69, 9.17) is 11.6 Å². The number of amides is 2. The van der Waals surface area contributed by atoms with Gasteiger partial charge in [0, 0.05) is 10.7 Å². The van der Waals surface area contributed by atoms with Crippen LogP contribution in [0.3, 0.4) is 0 Å². The lowest BCUT2D eigenvalue weighted by Gasteiger charge is -2.16. The fourth-order valence-corrected chi connectivity index (χ4v) is 2.57. The first-order valence-corrected chi connectivity index (χ1v) is 7.10. The maximum Gasteiger partial charge on any atom is 0.256 e. The van der Waals surface area contributed by atoms with Gasteiger partial charge in [0.1, 0.15) is 11.8 Å². The van der Waals surface area contributed by atoms with Crippen molar-refractivity contribution in [3.05, 3.63) is 53.6 Å². The smallest absolute Gasteiger partial charge is 0.256 e. The van der Waals surface area contributed by atoms with E-state index in [0.29, 0.717) is 16.4 Å². The first-order chi connectivity index (χ1) is 10.5. The van der Waals surface area contributed by atoms with Gasteiger partial charge >= 0.3 is 0 Å². The van der Waals surface area contributed by atoms with Crippen LogP contribution in [-0.4, -0.2) is 23.0 Å². The number of benzene rings is 2. The van der Waals surface area contributed by atoms with Gasteiger partial charge in [0.2, 0.25) is 5.91 Å². The van der Waals surface area contributed by atoms with E-state index in [1.54, 1.807) is 36.4 Å². The Morgan fingerprint density at radius 1 is 1.14 bits per heavy atom. The molecule has 1 unspecified atom stereocenters. The first kappa shape index (κ1) is 14.4. The molecule has 0 aromatic heterocycles. The summed E-state index contributed by atoms with van der Waals surface area (Å²) >= 11 is 5.91. The van der Waals surface area contributed by atoms with E-state index in [2.05, 4.69) is 5.32 Å². The highest BCUT2D eigenvalue weighted by molar-refractivity contribution is 6.31. The lowest BCUT2D eigenvalue weighted by molar-refractivity contribution is -0.121. The number of carbonyl (C=O) groups is 2. The zero-order valence-corrected chi connectivity index (χ0v) is 12.2. The Kier molecular flexibility index (Phi) is 3.73. The molecule has 6 heteroatoms.